The van der Waals surface area contributed by atoms with Crippen LogP contribution in [-0.4, -0.2) is 0 Å². The van der Waals surface area contributed by atoms with Gasteiger partial charge in [0.25, 0.3) is 0 Å². The molecule has 0 amide bonds. The van der Waals surface area contributed by atoms with Crippen LogP contribution in [-0.2, 0) is 23.1 Å². The first-order valence-corrected chi connectivity index (χ1v) is 15.2. The summed E-state index contributed by atoms with van der Waals surface area (Å²) in [6, 6.07) is 17.4. The third kappa shape index (κ3) is 3.61. The molecule has 0 aromatic heterocycles. The van der Waals surface area contributed by atoms with E-state index in [1.54, 1.807) is 0 Å². The molecule has 2 aromatic rings. The van der Waals surface area contributed by atoms with Crippen molar-refractivity contribution in [2.45, 2.75) is 4.90 Å². The topological polar surface area (TPSA) is 0 Å². The van der Waals surface area contributed by atoms with Crippen molar-refractivity contribution in [3.63, 3.8) is 0 Å². The van der Waals surface area contributed by atoms with Gasteiger partial charge in [0.15, 0.2) is 0 Å². The number of rotatable bonds is 3. The minimum atomic E-state index is -1.08. The van der Waals surface area contributed by atoms with Gasteiger partial charge in [-0.05, 0) is 0 Å². The van der Waals surface area contributed by atoms with Crippen molar-refractivity contribution in [3.05, 3.63) is 60.4 Å². The van der Waals surface area contributed by atoms with E-state index in [4.69, 9.17) is 0 Å². The van der Waals surface area contributed by atoms with E-state index in [1.165, 1.54) is 20.1 Å². The number of hydrogen-bond donors (Lipinski definition) is 0. The van der Waals surface area contributed by atoms with Gasteiger partial charge in [0, 0.05) is 0 Å². The Morgan fingerprint density at radius 1 is 0.867 bits per heavy atom. The van der Waals surface area contributed by atoms with Crippen LogP contribution in [0.2, 0.25) is 0 Å². The Kier molecular flexibility index (Phi) is 4.21. The van der Waals surface area contributed by atoms with Crippen LogP contribution in [0.15, 0.2) is 59.5 Å². The molecule has 0 fully saturated rings. The van der Waals surface area contributed by atoms with Crippen molar-refractivity contribution in [1.29, 1.82) is 0 Å². The molecule has 0 aliphatic rings. The van der Waals surface area contributed by atoms with Crippen molar-refractivity contribution in [2.75, 3.05) is 0 Å². The van der Waals surface area contributed by atoms with Crippen LogP contribution in [0.4, 0.5) is 4.39 Å². The molecule has 0 saturated carbocycles. The van der Waals surface area contributed by atoms with Crippen LogP contribution in [0, 0.1) is 5.82 Å². The van der Waals surface area contributed by atoms with Gasteiger partial charge in [-0.3, -0.25) is 0 Å². The molecule has 2 aromatic carbocycles. The van der Waals surface area contributed by atoms with Gasteiger partial charge in [0.1, 0.15) is 0 Å². The van der Waals surface area contributed by atoms with Gasteiger partial charge in [0.2, 0.25) is 0 Å². The van der Waals surface area contributed by atoms with Crippen LogP contribution >= 0.6 is 8.24 Å². The molecule has 0 unspecified atom stereocenters. The molecule has 0 aliphatic carbocycles. The molecule has 3 heteroatoms. The standard InChI is InChI=1S/C6H5FS.C6H5.Hg/c7-5-1-3-6(8)4-2-5;1-2-4-6-5-3-1;/h1-4,8H;1-5H;/q;;+1/p-1. The average Bonchev–Trinajstić information content (AvgIpc) is 2.30. The fourth-order valence-corrected chi connectivity index (χ4v) is 11.6. The fraction of sp³-hybridized carbons (Fsp3) is 0. The van der Waals surface area contributed by atoms with E-state index in [1.807, 2.05) is 26.4 Å². The molecule has 0 nitrogen and oxygen atoms in total. The van der Waals surface area contributed by atoms with Crippen LogP contribution < -0.4 is 3.07 Å². The summed E-state index contributed by atoms with van der Waals surface area (Å²) in [6.45, 7) is 0. The fourth-order valence-electron chi connectivity index (χ4n) is 1.27. The minimum absolute atomic E-state index is 0.157. The Bertz CT molecular complexity index is 413. The number of hydrogen-bond acceptors (Lipinski definition) is 1. The van der Waals surface area contributed by atoms with E-state index in [2.05, 4.69) is 24.3 Å². The van der Waals surface area contributed by atoms with E-state index < -0.39 is 23.1 Å². The first-order valence-electron chi connectivity index (χ1n) is 4.77. The van der Waals surface area contributed by atoms with Crippen molar-refractivity contribution in [2.24, 2.45) is 0 Å². The Labute approximate surface area is 103 Å². The first-order chi connectivity index (χ1) is 7.34. The van der Waals surface area contributed by atoms with E-state index in [-0.39, 0.29) is 5.82 Å². The molecule has 0 N–H and O–H groups in total. The second kappa shape index (κ2) is 5.66. The Balaban J connectivity index is 1.96. The van der Waals surface area contributed by atoms with Gasteiger partial charge >= 0.3 is 104 Å². The molecule has 72 valence electrons. The summed E-state index contributed by atoms with van der Waals surface area (Å²) < 4.78 is 14.2. The van der Waals surface area contributed by atoms with Crippen molar-refractivity contribution >= 4 is 11.3 Å². The number of benzene rings is 2. The first kappa shape index (κ1) is 11.1. The van der Waals surface area contributed by atoms with E-state index >= 15 is 0 Å². The molecular weight excluding hydrogens is 396 g/mol. The third-order valence-corrected chi connectivity index (χ3v) is 14.4. The SMILES string of the molecule is Fc1ccc([S][Hg][c]2ccccc2)cc1. The van der Waals surface area contributed by atoms with Gasteiger partial charge in [-0.2, -0.15) is 0 Å². The van der Waals surface area contributed by atoms with Gasteiger partial charge in [0.05, 0.1) is 0 Å². The maximum atomic E-state index is 12.7. The van der Waals surface area contributed by atoms with E-state index in [9.17, 15) is 4.39 Å². The summed E-state index contributed by atoms with van der Waals surface area (Å²) in [5, 5.41) is 0. The summed E-state index contributed by atoms with van der Waals surface area (Å²) in [7, 11) is 1.94. The summed E-state index contributed by atoms with van der Waals surface area (Å²) in [5.41, 5.74) is 0. The zero-order valence-electron chi connectivity index (χ0n) is 8.19. The Morgan fingerprint density at radius 2 is 1.53 bits per heavy atom. The summed E-state index contributed by atoms with van der Waals surface area (Å²) in [5.74, 6) is -0.157. The molecule has 0 saturated heterocycles. The second-order valence-corrected chi connectivity index (χ2v) is 14.2. The molecule has 2 rings (SSSR count). The van der Waals surface area contributed by atoms with Crippen LogP contribution in [0.1, 0.15) is 0 Å². The molecule has 0 atom stereocenters. The second-order valence-electron chi connectivity index (χ2n) is 3.23. The van der Waals surface area contributed by atoms with Gasteiger partial charge in [-0.1, -0.05) is 0 Å². The summed E-state index contributed by atoms with van der Waals surface area (Å²) in [6.07, 6.45) is 0. The van der Waals surface area contributed by atoms with Gasteiger partial charge < -0.3 is 0 Å². The van der Waals surface area contributed by atoms with E-state index in [0.29, 0.717) is 0 Å². The normalized spacial score (nSPS) is 9.67. The quantitative estimate of drug-likeness (QED) is 0.708. The average molecular weight is 405 g/mol. The molecule has 0 radical (unpaired) electrons. The number of halogens is 1. The van der Waals surface area contributed by atoms with Gasteiger partial charge in [-0.15, -0.1) is 0 Å². The molecule has 15 heavy (non-hydrogen) atoms. The summed E-state index contributed by atoms with van der Waals surface area (Å²) in [4.78, 5) is 1.20. The maximum absolute atomic E-state index is 12.7. The molecular formula is C12H9FHgS. The molecule has 0 heterocycles. The monoisotopic (exact) mass is 406 g/mol. The van der Waals surface area contributed by atoms with Crippen molar-refractivity contribution < 1.29 is 27.5 Å². The predicted octanol–water partition coefficient (Wildman–Crippen LogP) is 3.24. The Hall–Kier alpha value is -0.345. The molecule has 0 aliphatic heterocycles. The van der Waals surface area contributed by atoms with Crippen LogP contribution in [0.5, 0.6) is 0 Å². The zero-order chi connectivity index (χ0) is 10.5. The van der Waals surface area contributed by atoms with E-state index in [0.717, 1.165) is 0 Å². The third-order valence-electron chi connectivity index (χ3n) is 2.06. The van der Waals surface area contributed by atoms with Gasteiger partial charge in [-0.25, -0.2) is 0 Å². The van der Waals surface area contributed by atoms with Crippen LogP contribution in [0.3, 0.4) is 0 Å². The Morgan fingerprint density at radius 3 is 2.20 bits per heavy atom. The zero-order valence-corrected chi connectivity index (χ0v) is 14.5. The summed E-state index contributed by atoms with van der Waals surface area (Å²) >= 11 is -1.08. The van der Waals surface area contributed by atoms with Crippen molar-refractivity contribution in [3.8, 4) is 0 Å². The molecule has 0 spiro atoms. The molecule has 0 bridgehead atoms. The predicted molar refractivity (Wildman–Crippen MR) is 58.3 cm³/mol. The van der Waals surface area contributed by atoms with Crippen LogP contribution in [0.25, 0.3) is 0 Å². The van der Waals surface area contributed by atoms with Crippen molar-refractivity contribution in [1.82, 2.24) is 0 Å².